The number of benzene rings is 2. The van der Waals surface area contributed by atoms with Gasteiger partial charge in [-0.25, -0.2) is 9.59 Å². The Kier molecular flexibility index (Phi) is 7.23. The smallest absolute Gasteiger partial charge is 0.344 e. The van der Waals surface area contributed by atoms with E-state index in [1.165, 1.54) is 18.9 Å². The molecule has 0 unspecified atom stereocenters. The number of anilines is 1. The molecule has 0 aliphatic heterocycles. The number of thioether (sulfide) groups is 1. The van der Waals surface area contributed by atoms with Gasteiger partial charge in [0.1, 0.15) is 0 Å². The molecule has 0 heterocycles. The van der Waals surface area contributed by atoms with Crippen molar-refractivity contribution < 1.29 is 23.9 Å². The largest absolute Gasteiger partial charge is 0.466 e. The number of esters is 2. The van der Waals surface area contributed by atoms with Crippen molar-refractivity contribution in [2.75, 3.05) is 24.8 Å². The van der Waals surface area contributed by atoms with Crippen LogP contribution in [0.5, 0.6) is 0 Å². The predicted octanol–water partition coefficient (Wildman–Crippen LogP) is 3.06. The maximum absolute atomic E-state index is 12.1. The van der Waals surface area contributed by atoms with E-state index in [0.29, 0.717) is 16.1 Å². The number of amides is 1. The molecule has 0 radical (unpaired) electrons. The second-order valence-corrected chi connectivity index (χ2v) is 6.37. The first-order valence-electron chi connectivity index (χ1n) is 7.82. The van der Waals surface area contributed by atoms with Gasteiger partial charge in [-0.2, -0.15) is 0 Å². The van der Waals surface area contributed by atoms with Gasteiger partial charge in [0.05, 0.1) is 18.4 Å². The summed E-state index contributed by atoms with van der Waals surface area (Å²) < 4.78 is 9.34. The van der Waals surface area contributed by atoms with E-state index in [0.717, 1.165) is 5.56 Å². The number of carbonyl (C=O) groups excluding carboxylic acids is 3. The minimum absolute atomic E-state index is 0.134. The molecule has 1 amide bonds. The summed E-state index contributed by atoms with van der Waals surface area (Å²) in [6, 6.07) is 14.2. The third kappa shape index (κ3) is 5.93. The lowest BCUT2D eigenvalue weighted by molar-refractivity contribution is -0.144. The van der Waals surface area contributed by atoms with Crippen molar-refractivity contribution in [2.45, 2.75) is 11.8 Å². The van der Waals surface area contributed by atoms with E-state index in [1.807, 2.05) is 31.2 Å². The Morgan fingerprint density at radius 3 is 2.42 bits per heavy atom. The highest BCUT2D eigenvalue weighted by atomic mass is 32.2. The molecule has 0 atom stereocenters. The van der Waals surface area contributed by atoms with Crippen molar-refractivity contribution in [1.29, 1.82) is 0 Å². The number of hydrogen-bond acceptors (Lipinski definition) is 6. The first kappa shape index (κ1) is 19.5. The van der Waals surface area contributed by atoms with Crippen LogP contribution in [0, 0.1) is 6.92 Å². The molecule has 0 bridgehead atoms. The van der Waals surface area contributed by atoms with Crippen LogP contribution in [0.3, 0.4) is 0 Å². The Morgan fingerprint density at radius 2 is 1.73 bits per heavy atom. The summed E-state index contributed by atoms with van der Waals surface area (Å²) in [5.41, 5.74) is 2.12. The Morgan fingerprint density at radius 1 is 1.04 bits per heavy atom. The van der Waals surface area contributed by atoms with Crippen LogP contribution >= 0.6 is 11.8 Å². The van der Waals surface area contributed by atoms with Gasteiger partial charge in [0.15, 0.2) is 6.61 Å². The third-order valence-electron chi connectivity index (χ3n) is 3.35. The highest BCUT2D eigenvalue weighted by Gasteiger charge is 2.15. The number of nitrogens with one attached hydrogen (secondary N) is 1. The zero-order chi connectivity index (χ0) is 18.9. The molecule has 0 aliphatic rings. The molecule has 0 saturated heterocycles. The molecule has 0 spiro atoms. The minimum Gasteiger partial charge on any atom is -0.466 e. The molecule has 26 heavy (non-hydrogen) atoms. The minimum atomic E-state index is -0.641. The van der Waals surface area contributed by atoms with Gasteiger partial charge in [-0.05, 0) is 31.2 Å². The summed E-state index contributed by atoms with van der Waals surface area (Å²) in [6.45, 7) is 1.51. The van der Waals surface area contributed by atoms with Gasteiger partial charge in [0.25, 0.3) is 0 Å². The van der Waals surface area contributed by atoms with Gasteiger partial charge in [0, 0.05) is 10.6 Å². The van der Waals surface area contributed by atoms with Gasteiger partial charge in [0.2, 0.25) is 5.91 Å². The van der Waals surface area contributed by atoms with Gasteiger partial charge >= 0.3 is 11.9 Å². The summed E-state index contributed by atoms with van der Waals surface area (Å²) in [4.78, 5) is 35.9. The van der Waals surface area contributed by atoms with E-state index in [9.17, 15) is 14.4 Å². The van der Waals surface area contributed by atoms with Crippen LogP contribution in [0.15, 0.2) is 53.4 Å². The second-order valence-electron chi connectivity index (χ2n) is 5.35. The average molecular weight is 373 g/mol. The van der Waals surface area contributed by atoms with E-state index in [1.54, 1.807) is 24.3 Å². The Balaban J connectivity index is 1.94. The Hall–Kier alpha value is -2.80. The lowest BCUT2D eigenvalue weighted by Gasteiger charge is -2.09. The molecule has 0 fully saturated rings. The van der Waals surface area contributed by atoms with Crippen LogP contribution in [0.25, 0.3) is 0 Å². The van der Waals surface area contributed by atoms with E-state index in [2.05, 4.69) is 10.1 Å². The van der Waals surface area contributed by atoms with Crippen LogP contribution in [0.1, 0.15) is 15.9 Å². The zero-order valence-electron chi connectivity index (χ0n) is 14.5. The van der Waals surface area contributed by atoms with Crippen molar-refractivity contribution in [3.63, 3.8) is 0 Å². The lowest BCUT2D eigenvalue weighted by atomic mass is 10.2. The highest BCUT2D eigenvalue weighted by Crippen LogP contribution is 2.23. The van der Waals surface area contributed by atoms with Crippen LogP contribution in [0.4, 0.5) is 5.69 Å². The van der Waals surface area contributed by atoms with Gasteiger partial charge in [-0.3, -0.25) is 4.79 Å². The molecule has 2 aromatic rings. The number of carbonyl (C=O) groups is 3. The van der Waals surface area contributed by atoms with Crippen LogP contribution in [-0.2, 0) is 19.1 Å². The van der Waals surface area contributed by atoms with Crippen LogP contribution < -0.4 is 5.32 Å². The maximum Gasteiger partial charge on any atom is 0.344 e. The van der Waals surface area contributed by atoms with Crippen LogP contribution in [0.2, 0.25) is 0 Å². The number of ether oxygens (including phenoxy) is 2. The molecule has 0 aliphatic carbocycles. The monoisotopic (exact) mass is 373 g/mol. The first-order chi connectivity index (χ1) is 12.5. The molecule has 0 saturated carbocycles. The fourth-order valence-corrected chi connectivity index (χ4v) is 2.84. The van der Waals surface area contributed by atoms with Crippen molar-refractivity contribution in [3.05, 3.63) is 59.7 Å². The number of rotatable bonds is 7. The first-order valence-corrected chi connectivity index (χ1v) is 8.80. The molecule has 2 rings (SSSR count). The highest BCUT2D eigenvalue weighted by molar-refractivity contribution is 8.00. The predicted molar refractivity (Wildman–Crippen MR) is 99.3 cm³/mol. The third-order valence-corrected chi connectivity index (χ3v) is 4.42. The van der Waals surface area contributed by atoms with Crippen molar-refractivity contribution in [1.82, 2.24) is 0 Å². The standard InChI is InChI=1S/C19H19NO5S/c1-13-7-9-14(10-8-13)20-17(21)12-26-16-6-4-3-5-15(16)19(23)25-11-18(22)24-2/h3-10H,11-12H2,1-2H3,(H,20,21). The quantitative estimate of drug-likeness (QED) is 0.593. The topological polar surface area (TPSA) is 81.7 Å². The molecule has 1 N–H and O–H groups in total. The van der Waals surface area contributed by atoms with Crippen molar-refractivity contribution >= 4 is 35.3 Å². The fourth-order valence-electron chi connectivity index (χ4n) is 2.00. The van der Waals surface area contributed by atoms with Crippen LogP contribution in [-0.4, -0.2) is 37.3 Å². The molecule has 2 aromatic carbocycles. The number of aryl methyl sites for hydroxylation is 1. The Bertz CT molecular complexity index is 789. The summed E-state index contributed by atoms with van der Waals surface area (Å²) >= 11 is 1.22. The van der Waals surface area contributed by atoms with E-state index < -0.39 is 18.5 Å². The summed E-state index contributed by atoms with van der Waals surface area (Å²) in [6.07, 6.45) is 0. The normalized spacial score (nSPS) is 10.1. The SMILES string of the molecule is COC(=O)COC(=O)c1ccccc1SCC(=O)Nc1ccc(C)cc1. The summed E-state index contributed by atoms with van der Waals surface area (Å²) in [5, 5.41) is 2.80. The molecule has 136 valence electrons. The van der Waals surface area contributed by atoms with Crippen molar-refractivity contribution in [2.24, 2.45) is 0 Å². The maximum atomic E-state index is 12.1. The number of methoxy groups -OCH3 is 1. The molecule has 7 heteroatoms. The van der Waals surface area contributed by atoms with E-state index >= 15 is 0 Å². The molecule has 6 nitrogen and oxygen atoms in total. The van der Waals surface area contributed by atoms with Gasteiger partial charge in [-0.15, -0.1) is 11.8 Å². The average Bonchev–Trinajstić information content (AvgIpc) is 2.66. The second kappa shape index (κ2) is 9.62. The summed E-state index contributed by atoms with van der Waals surface area (Å²) in [7, 11) is 1.21. The van der Waals surface area contributed by atoms with Gasteiger partial charge in [-0.1, -0.05) is 29.8 Å². The van der Waals surface area contributed by atoms with E-state index in [-0.39, 0.29) is 11.7 Å². The lowest BCUT2D eigenvalue weighted by Crippen LogP contribution is -2.16. The Labute approximate surface area is 155 Å². The van der Waals surface area contributed by atoms with Crippen molar-refractivity contribution in [3.8, 4) is 0 Å². The molecule has 0 aromatic heterocycles. The van der Waals surface area contributed by atoms with E-state index in [4.69, 9.17) is 4.74 Å². The van der Waals surface area contributed by atoms with Gasteiger partial charge < -0.3 is 14.8 Å². The zero-order valence-corrected chi connectivity index (χ0v) is 15.3. The fraction of sp³-hybridized carbons (Fsp3) is 0.211. The molecular formula is C19H19NO5S. The molecular weight excluding hydrogens is 354 g/mol. The summed E-state index contributed by atoms with van der Waals surface area (Å²) in [5.74, 6) is -1.33. The number of hydrogen-bond donors (Lipinski definition) is 1.